The predicted octanol–water partition coefficient (Wildman–Crippen LogP) is 13.4. The lowest BCUT2D eigenvalue weighted by Gasteiger charge is -2.06. The van der Waals surface area contributed by atoms with E-state index in [1.165, 1.54) is 167 Å². The Morgan fingerprint density at radius 1 is 0.295 bits per heavy atom. The van der Waals surface area contributed by atoms with Gasteiger partial charge in [0.15, 0.2) is 0 Å². The molecule has 0 rings (SSSR count). The van der Waals surface area contributed by atoms with Crippen LogP contribution in [0.4, 0.5) is 0 Å². The molecule has 0 unspecified atom stereocenters. The summed E-state index contributed by atoms with van der Waals surface area (Å²) in [6.45, 7) is 5.64. The van der Waals surface area contributed by atoms with Crippen LogP contribution in [0.5, 0.6) is 0 Å². The maximum absolute atomic E-state index is 11.9. The molecule has 0 aliphatic heterocycles. The highest BCUT2D eigenvalue weighted by atomic mass is 16.5. The molecule has 0 saturated carbocycles. The van der Waals surface area contributed by atoms with Crippen molar-refractivity contribution >= 4 is 11.9 Å². The molecule has 0 heterocycles. The smallest absolute Gasteiger partial charge is 0.305 e. The third kappa shape index (κ3) is 37.1. The number of hydrogen-bond acceptors (Lipinski definition) is 4. The van der Waals surface area contributed by atoms with E-state index in [0.29, 0.717) is 38.9 Å². The molecule has 44 heavy (non-hydrogen) atoms. The van der Waals surface area contributed by atoms with E-state index in [-0.39, 0.29) is 11.9 Å². The maximum atomic E-state index is 11.9. The fourth-order valence-corrected chi connectivity index (χ4v) is 6.00. The highest BCUT2D eigenvalue weighted by Gasteiger charge is 2.06. The van der Waals surface area contributed by atoms with Crippen LogP contribution in [0.1, 0.15) is 232 Å². The Morgan fingerprint density at radius 3 is 0.727 bits per heavy atom. The molecule has 0 aliphatic carbocycles. The molecule has 0 spiro atoms. The topological polar surface area (TPSA) is 52.6 Å². The number of hydrogen-bond donors (Lipinski definition) is 0. The Labute approximate surface area is 276 Å². The van der Waals surface area contributed by atoms with Gasteiger partial charge in [0.1, 0.15) is 0 Å². The summed E-state index contributed by atoms with van der Waals surface area (Å²) in [7, 11) is 0. The van der Waals surface area contributed by atoms with Gasteiger partial charge in [0.05, 0.1) is 13.2 Å². The summed E-state index contributed by atoms with van der Waals surface area (Å²) in [5.74, 6) is -0.247. The molecule has 0 radical (unpaired) electrons. The van der Waals surface area contributed by atoms with Crippen molar-refractivity contribution in [2.24, 2.45) is 0 Å². The minimum Gasteiger partial charge on any atom is -0.466 e. The van der Waals surface area contributed by atoms with Crippen LogP contribution >= 0.6 is 0 Å². The molecule has 0 bridgehead atoms. The van der Waals surface area contributed by atoms with Crippen LogP contribution in [0, 0.1) is 0 Å². The fourth-order valence-electron chi connectivity index (χ4n) is 6.00. The van der Waals surface area contributed by atoms with E-state index in [4.69, 9.17) is 9.47 Å². The van der Waals surface area contributed by atoms with Crippen LogP contribution in [-0.4, -0.2) is 25.2 Å². The lowest BCUT2D eigenvalue weighted by molar-refractivity contribution is -0.146. The van der Waals surface area contributed by atoms with Gasteiger partial charge in [-0.25, -0.2) is 0 Å². The molecule has 0 amide bonds. The third-order valence-electron chi connectivity index (χ3n) is 9.03. The van der Waals surface area contributed by atoms with E-state index < -0.39 is 0 Å². The molecule has 4 nitrogen and oxygen atoms in total. The first kappa shape index (κ1) is 42.9. The molecule has 0 aromatic carbocycles. The second kappa shape index (κ2) is 38.1. The number of carbonyl (C=O) groups excluding carboxylic acids is 2. The first-order chi connectivity index (χ1) is 21.7. The van der Waals surface area contributed by atoms with E-state index in [1.54, 1.807) is 0 Å². The van der Waals surface area contributed by atoms with Crippen molar-refractivity contribution in [3.05, 3.63) is 0 Å². The van der Waals surface area contributed by atoms with Gasteiger partial charge in [0, 0.05) is 12.8 Å². The predicted molar refractivity (Wildman–Crippen MR) is 190 cm³/mol. The molecule has 0 aromatic rings. The number of esters is 2. The fraction of sp³-hybridized carbons (Fsp3) is 0.950. The summed E-state index contributed by atoms with van der Waals surface area (Å²) < 4.78 is 10.7. The van der Waals surface area contributed by atoms with Crippen molar-refractivity contribution in [2.45, 2.75) is 232 Å². The van der Waals surface area contributed by atoms with Crippen LogP contribution in [0.25, 0.3) is 0 Å². The normalized spacial score (nSPS) is 11.2. The van der Waals surface area contributed by atoms with Crippen molar-refractivity contribution in [3.8, 4) is 0 Å². The van der Waals surface area contributed by atoms with Crippen molar-refractivity contribution < 1.29 is 19.1 Å². The Balaban J connectivity index is 3.25. The molecule has 0 aromatic heterocycles. The summed E-state index contributed by atoms with van der Waals surface area (Å²) in [5.41, 5.74) is 0. The van der Waals surface area contributed by atoms with Crippen LogP contribution in [-0.2, 0) is 19.1 Å². The highest BCUT2D eigenvalue weighted by molar-refractivity contribution is 5.70. The van der Waals surface area contributed by atoms with Crippen LogP contribution in [0.2, 0.25) is 0 Å². The summed E-state index contributed by atoms with van der Waals surface area (Å²) >= 11 is 0. The standard InChI is InChI=1S/C40H78O4/c1-3-5-7-9-11-13-15-17-19-21-23-25-27-29-33-37-43-39(41)35-31-32-36-40(42)44-38-34-30-28-26-24-22-20-18-16-14-12-10-8-6-4-2/h3-38H2,1-2H3. The van der Waals surface area contributed by atoms with Crippen LogP contribution in [0.3, 0.4) is 0 Å². The van der Waals surface area contributed by atoms with Crippen molar-refractivity contribution in [3.63, 3.8) is 0 Å². The van der Waals surface area contributed by atoms with Gasteiger partial charge in [-0.2, -0.15) is 0 Å². The van der Waals surface area contributed by atoms with Gasteiger partial charge in [-0.1, -0.05) is 194 Å². The molecule has 262 valence electrons. The second-order valence-electron chi connectivity index (χ2n) is 13.5. The van der Waals surface area contributed by atoms with Crippen LogP contribution < -0.4 is 0 Å². The van der Waals surface area contributed by atoms with Gasteiger partial charge in [0.2, 0.25) is 0 Å². The Morgan fingerprint density at radius 2 is 0.500 bits per heavy atom. The van der Waals surface area contributed by atoms with Gasteiger partial charge >= 0.3 is 11.9 Å². The molecule has 0 fully saturated rings. The Hall–Kier alpha value is -1.06. The van der Waals surface area contributed by atoms with Crippen LogP contribution in [0.15, 0.2) is 0 Å². The van der Waals surface area contributed by atoms with E-state index in [2.05, 4.69) is 13.8 Å². The summed E-state index contributed by atoms with van der Waals surface area (Å²) in [6, 6.07) is 0. The second-order valence-corrected chi connectivity index (χ2v) is 13.5. The SMILES string of the molecule is CCCCCCCCCCCCCCCCCOC(=O)CCCCC(=O)OCCCCCCCCCCCCCCCCC. The summed E-state index contributed by atoms with van der Waals surface area (Å²) in [4.78, 5) is 23.9. The Kier molecular flexibility index (Phi) is 37.2. The zero-order valence-electron chi connectivity index (χ0n) is 30.1. The van der Waals surface area contributed by atoms with E-state index >= 15 is 0 Å². The molecule has 4 heteroatoms. The number of carbonyl (C=O) groups is 2. The van der Waals surface area contributed by atoms with Crippen molar-refractivity contribution in [1.29, 1.82) is 0 Å². The molecule has 0 aliphatic rings. The monoisotopic (exact) mass is 623 g/mol. The summed E-state index contributed by atoms with van der Waals surface area (Å²) in [5, 5.41) is 0. The maximum Gasteiger partial charge on any atom is 0.305 e. The number of ether oxygens (including phenoxy) is 2. The van der Waals surface area contributed by atoms with E-state index in [9.17, 15) is 9.59 Å². The zero-order valence-corrected chi connectivity index (χ0v) is 30.1. The quantitative estimate of drug-likeness (QED) is 0.0511. The molecular weight excluding hydrogens is 544 g/mol. The molecular formula is C40H78O4. The number of rotatable bonds is 37. The minimum atomic E-state index is -0.124. The molecule has 0 saturated heterocycles. The third-order valence-corrected chi connectivity index (χ3v) is 9.03. The van der Waals surface area contributed by atoms with Gasteiger partial charge < -0.3 is 9.47 Å². The molecule has 0 N–H and O–H groups in total. The first-order valence-corrected chi connectivity index (χ1v) is 20.0. The molecule has 0 atom stereocenters. The largest absolute Gasteiger partial charge is 0.466 e. The highest BCUT2D eigenvalue weighted by Crippen LogP contribution is 2.15. The van der Waals surface area contributed by atoms with Gasteiger partial charge in [0.25, 0.3) is 0 Å². The summed E-state index contributed by atoms with van der Waals surface area (Å²) in [6.07, 6.45) is 42.3. The lowest BCUT2D eigenvalue weighted by atomic mass is 10.0. The average molecular weight is 623 g/mol. The van der Waals surface area contributed by atoms with Gasteiger partial charge in [-0.15, -0.1) is 0 Å². The van der Waals surface area contributed by atoms with E-state index in [1.807, 2.05) is 0 Å². The van der Waals surface area contributed by atoms with Gasteiger partial charge in [-0.05, 0) is 25.7 Å². The van der Waals surface area contributed by atoms with Gasteiger partial charge in [-0.3, -0.25) is 9.59 Å². The first-order valence-electron chi connectivity index (χ1n) is 20.0. The van der Waals surface area contributed by atoms with Crippen molar-refractivity contribution in [1.82, 2.24) is 0 Å². The van der Waals surface area contributed by atoms with E-state index in [0.717, 1.165) is 25.7 Å². The Bertz CT molecular complexity index is 526. The average Bonchev–Trinajstić information content (AvgIpc) is 3.02. The minimum absolute atomic E-state index is 0.124. The lowest BCUT2D eigenvalue weighted by Crippen LogP contribution is -2.08. The zero-order chi connectivity index (χ0) is 32.0. The van der Waals surface area contributed by atoms with Crippen molar-refractivity contribution in [2.75, 3.05) is 13.2 Å². The number of unbranched alkanes of at least 4 members (excludes halogenated alkanes) is 29.